The topological polar surface area (TPSA) is 51.0 Å². The second-order valence-electron chi connectivity index (χ2n) is 8.99. The molecule has 3 heterocycles. The molecule has 5 nitrogen and oxygen atoms in total. The Hall–Kier alpha value is -3.37. The molecule has 3 aromatic rings. The van der Waals surface area contributed by atoms with Gasteiger partial charge in [0, 0.05) is 18.3 Å². The van der Waals surface area contributed by atoms with Crippen molar-refractivity contribution in [2.24, 2.45) is 5.92 Å². The van der Waals surface area contributed by atoms with Crippen LogP contribution in [0.1, 0.15) is 47.9 Å². The fourth-order valence-electron chi connectivity index (χ4n) is 5.27. The van der Waals surface area contributed by atoms with Gasteiger partial charge < -0.3 is 4.90 Å². The Morgan fingerprint density at radius 1 is 0.971 bits per heavy atom. The standard InChI is InChI=1S/C24H20F6N4O/c1-13-3-2-4-16(9-13)34-20(35)7-8-31-22(34)21-14-5-6-17(10-14)33(21)19-12-15(23(25,26)27)11-18(32-19)24(28,29)30/h2-4,7-9,11-12,14,17,21H,5-6,10H2,1H3/t14-,17+,21-/m0/s1. The maximum Gasteiger partial charge on any atom is 0.433 e. The van der Waals surface area contributed by atoms with Crippen LogP contribution in [-0.4, -0.2) is 20.6 Å². The van der Waals surface area contributed by atoms with Gasteiger partial charge in [-0.3, -0.25) is 9.36 Å². The van der Waals surface area contributed by atoms with Crippen LogP contribution in [0, 0.1) is 12.8 Å². The number of nitrogens with zero attached hydrogens (tertiary/aromatic N) is 4. The van der Waals surface area contributed by atoms with E-state index in [1.165, 1.54) is 21.7 Å². The molecule has 11 heteroatoms. The van der Waals surface area contributed by atoms with Gasteiger partial charge >= 0.3 is 12.4 Å². The van der Waals surface area contributed by atoms with E-state index in [-0.39, 0.29) is 23.9 Å². The summed E-state index contributed by atoms with van der Waals surface area (Å²) >= 11 is 0. The number of halogens is 6. The second-order valence-corrected chi connectivity index (χ2v) is 8.99. The van der Waals surface area contributed by atoms with E-state index in [1.54, 1.807) is 18.2 Å². The first-order chi connectivity index (χ1) is 16.4. The molecular weight excluding hydrogens is 474 g/mol. The number of aromatic nitrogens is 3. The number of hydrogen-bond donors (Lipinski definition) is 0. The van der Waals surface area contributed by atoms with Gasteiger partial charge in [-0.25, -0.2) is 9.97 Å². The van der Waals surface area contributed by atoms with Gasteiger partial charge in [-0.05, 0) is 61.9 Å². The highest BCUT2D eigenvalue weighted by molar-refractivity contribution is 5.50. The van der Waals surface area contributed by atoms with Gasteiger partial charge in [0.1, 0.15) is 17.3 Å². The Kier molecular flexibility index (Phi) is 5.41. The van der Waals surface area contributed by atoms with Crippen LogP contribution < -0.4 is 10.5 Å². The Bertz CT molecular complexity index is 1300. The minimum Gasteiger partial charge on any atom is -0.343 e. The number of benzene rings is 1. The molecule has 1 saturated heterocycles. The smallest absolute Gasteiger partial charge is 0.343 e. The predicted octanol–water partition coefficient (Wildman–Crippen LogP) is 5.70. The normalized spacial score (nSPS) is 22.1. The van der Waals surface area contributed by atoms with Gasteiger partial charge in [0.05, 0.1) is 17.3 Å². The highest BCUT2D eigenvalue weighted by atomic mass is 19.4. The lowest BCUT2D eigenvalue weighted by molar-refractivity contribution is -0.145. The fraction of sp³-hybridized carbons (Fsp3) is 0.375. The highest BCUT2D eigenvalue weighted by Gasteiger charge is 2.50. The molecule has 1 aromatic carbocycles. The molecule has 2 aromatic heterocycles. The Balaban J connectivity index is 1.70. The molecule has 3 atom stereocenters. The molecule has 5 rings (SSSR count). The highest BCUT2D eigenvalue weighted by Crippen LogP contribution is 2.52. The molecule has 2 fully saturated rings. The van der Waals surface area contributed by atoms with Gasteiger partial charge in [0.15, 0.2) is 0 Å². The Morgan fingerprint density at radius 2 is 1.74 bits per heavy atom. The average Bonchev–Trinajstić information content (AvgIpc) is 3.39. The van der Waals surface area contributed by atoms with Crippen molar-refractivity contribution in [3.05, 3.63) is 81.7 Å². The third-order valence-electron chi connectivity index (χ3n) is 6.68. The van der Waals surface area contributed by atoms with E-state index in [1.807, 2.05) is 13.0 Å². The number of aryl methyl sites for hydroxylation is 1. The van der Waals surface area contributed by atoms with Gasteiger partial charge in [-0.2, -0.15) is 26.3 Å². The molecule has 0 spiro atoms. The molecule has 2 aliphatic rings. The van der Waals surface area contributed by atoms with Crippen molar-refractivity contribution in [1.29, 1.82) is 0 Å². The Morgan fingerprint density at radius 3 is 2.43 bits per heavy atom. The molecule has 1 saturated carbocycles. The predicted molar refractivity (Wildman–Crippen MR) is 115 cm³/mol. The van der Waals surface area contributed by atoms with E-state index in [2.05, 4.69) is 9.97 Å². The number of alkyl halides is 6. The van der Waals surface area contributed by atoms with E-state index in [0.29, 0.717) is 24.6 Å². The fourth-order valence-corrected chi connectivity index (χ4v) is 5.27. The van der Waals surface area contributed by atoms with Crippen molar-refractivity contribution in [2.45, 2.75) is 50.6 Å². The van der Waals surface area contributed by atoms with Crippen LogP contribution in [-0.2, 0) is 12.4 Å². The van der Waals surface area contributed by atoms with Crippen molar-refractivity contribution < 1.29 is 26.3 Å². The number of anilines is 1. The molecule has 184 valence electrons. The van der Waals surface area contributed by atoms with Crippen LogP contribution >= 0.6 is 0 Å². The van der Waals surface area contributed by atoms with Gasteiger partial charge in [-0.15, -0.1) is 0 Å². The number of pyridine rings is 1. The maximum atomic E-state index is 13.5. The van der Waals surface area contributed by atoms with Gasteiger partial charge in [0.25, 0.3) is 5.56 Å². The first kappa shape index (κ1) is 23.4. The monoisotopic (exact) mass is 494 g/mol. The number of fused-ring (bicyclic) bond motifs is 2. The van der Waals surface area contributed by atoms with Crippen molar-refractivity contribution >= 4 is 5.82 Å². The van der Waals surface area contributed by atoms with E-state index in [9.17, 15) is 31.1 Å². The molecule has 1 aliphatic carbocycles. The van der Waals surface area contributed by atoms with Crippen LogP contribution in [0.15, 0.2) is 53.5 Å². The van der Waals surface area contributed by atoms with Crippen LogP contribution in [0.2, 0.25) is 0 Å². The summed E-state index contributed by atoms with van der Waals surface area (Å²) in [6.45, 7) is 1.85. The third-order valence-corrected chi connectivity index (χ3v) is 6.68. The van der Waals surface area contributed by atoms with E-state index in [4.69, 9.17) is 0 Å². The summed E-state index contributed by atoms with van der Waals surface area (Å²) in [6.07, 6.45) is -6.85. The van der Waals surface area contributed by atoms with Crippen LogP contribution in [0.5, 0.6) is 0 Å². The molecule has 0 unspecified atom stereocenters. The van der Waals surface area contributed by atoms with Gasteiger partial charge in [0.2, 0.25) is 0 Å². The van der Waals surface area contributed by atoms with Gasteiger partial charge in [-0.1, -0.05) is 12.1 Å². The molecular formula is C24H20F6N4O. The quantitative estimate of drug-likeness (QED) is 0.438. The summed E-state index contributed by atoms with van der Waals surface area (Å²) in [5, 5.41) is 0. The minimum absolute atomic E-state index is 0.0241. The second kappa shape index (κ2) is 8.10. The summed E-state index contributed by atoms with van der Waals surface area (Å²) in [4.78, 5) is 22.4. The summed E-state index contributed by atoms with van der Waals surface area (Å²) in [5.74, 6) is -0.252. The molecule has 0 radical (unpaired) electrons. The van der Waals surface area contributed by atoms with E-state index < -0.39 is 41.0 Å². The molecule has 2 bridgehead atoms. The van der Waals surface area contributed by atoms with E-state index >= 15 is 0 Å². The lowest BCUT2D eigenvalue weighted by atomic mass is 9.97. The maximum absolute atomic E-state index is 13.5. The van der Waals surface area contributed by atoms with Crippen molar-refractivity contribution in [3.8, 4) is 5.69 Å². The van der Waals surface area contributed by atoms with Crippen LogP contribution in [0.3, 0.4) is 0 Å². The van der Waals surface area contributed by atoms with Crippen molar-refractivity contribution in [3.63, 3.8) is 0 Å². The van der Waals surface area contributed by atoms with Crippen molar-refractivity contribution in [1.82, 2.24) is 14.5 Å². The number of hydrogen-bond acceptors (Lipinski definition) is 4. The molecule has 35 heavy (non-hydrogen) atoms. The van der Waals surface area contributed by atoms with Crippen LogP contribution in [0.4, 0.5) is 32.2 Å². The van der Waals surface area contributed by atoms with E-state index in [0.717, 1.165) is 12.0 Å². The third kappa shape index (κ3) is 4.17. The number of piperidine rings is 1. The molecule has 0 amide bonds. The minimum atomic E-state index is -5.06. The van der Waals surface area contributed by atoms with Crippen LogP contribution in [0.25, 0.3) is 5.69 Å². The summed E-state index contributed by atoms with van der Waals surface area (Å²) in [7, 11) is 0. The average molecular weight is 494 g/mol. The first-order valence-corrected chi connectivity index (χ1v) is 11.0. The lowest BCUT2D eigenvalue weighted by Crippen LogP contribution is -2.39. The SMILES string of the molecule is Cc1cccc(-n2c([C@@H]3[C@H]4CC[C@H](C4)N3c3cc(C(F)(F)F)cc(C(F)(F)F)n3)nccc2=O)c1. The zero-order chi connectivity index (χ0) is 25.1. The molecule has 1 aliphatic heterocycles. The lowest BCUT2D eigenvalue weighted by Gasteiger charge is -2.37. The Labute approximate surface area is 196 Å². The molecule has 0 N–H and O–H groups in total. The zero-order valence-corrected chi connectivity index (χ0v) is 18.4. The summed E-state index contributed by atoms with van der Waals surface area (Å²) in [5.41, 5.74) is -2.03. The number of rotatable bonds is 3. The van der Waals surface area contributed by atoms with Crippen molar-refractivity contribution in [2.75, 3.05) is 4.90 Å². The summed E-state index contributed by atoms with van der Waals surface area (Å²) in [6, 6.07) is 8.02. The zero-order valence-electron chi connectivity index (χ0n) is 18.4. The largest absolute Gasteiger partial charge is 0.433 e. The first-order valence-electron chi connectivity index (χ1n) is 11.0. The summed E-state index contributed by atoms with van der Waals surface area (Å²) < 4.78 is 82.5.